The molecule has 0 radical (unpaired) electrons. The first-order valence-electron chi connectivity index (χ1n) is 9.52. The van der Waals surface area contributed by atoms with Crippen molar-refractivity contribution in [2.75, 3.05) is 5.32 Å². The number of hydrogen-bond donors (Lipinski definition) is 4. The van der Waals surface area contributed by atoms with E-state index in [2.05, 4.69) is 15.5 Å². The van der Waals surface area contributed by atoms with Crippen LogP contribution in [-0.2, 0) is 6.18 Å². The zero-order chi connectivity index (χ0) is 21.5. The van der Waals surface area contributed by atoms with Crippen molar-refractivity contribution in [2.45, 2.75) is 43.7 Å². The second-order valence-corrected chi connectivity index (χ2v) is 7.46. The number of phenols is 1. The van der Waals surface area contributed by atoms with E-state index in [0.717, 1.165) is 6.07 Å². The molecule has 0 saturated heterocycles. The van der Waals surface area contributed by atoms with Crippen LogP contribution in [0.3, 0.4) is 0 Å². The topological polar surface area (TPSA) is 98.5 Å². The molecular formula is C21H20F3N3O3. The van der Waals surface area contributed by atoms with Gasteiger partial charge in [-0.25, -0.2) is 0 Å². The highest BCUT2D eigenvalue weighted by Gasteiger charge is 2.32. The zero-order valence-corrected chi connectivity index (χ0v) is 15.8. The van der Waals surface area contributed by atoms with Crippen molar-refractivity contribution >= 4 is 16.6 Å². The fraction of sp³-hybridized carbons (Fsp3) is 0.333. The normalized spacial score (nSPS) is 22.2. The summed E-state index contributed by atoms with van der Waals surface area (Å²) in [5.74, 6) is -0.0660. The summed E-state index contributed by atoms with van der Waals surface area (Å²) in [6.45, 7) is 0. The largest absolute Gasteiger partial charge is 0.507 e. The number of aromatic hydroxyl groups is 1. The summed E-state index contributed by atoms with van der Waals surface area (Å²) in [5, 5.41) is 42.7. The third kappa shape index (κ3) is 3.90. The van der Waals surface area contributed by atoms with E-state index in [1.807, 2.05) is 0 Å². The monoisotopic (exact) mass is 419 g/mol. The predicted molar refractivity (Wildman–Crippen MR) is 105 cm³/mol. The smallest absolute Gasteiger partial charge is 0.416 e. The van der Waals surface area contributed by atoms with Gasteiger partial charge in [0.1, 0.15) is 11.4 Å². The van der Waals surface area contributed by atoms with Gasteiger partial charge in [-0.1, -0.05) is 24.3 Å². The van der Waals surface area contributed by atoms with Crippen LogP contribution in [0.2, 0.25) is 0 Å². The molecule has 1 fully saturated rings. The van der Waals surface area contributed by atoms with Crippen LogP contribution < -0.4 is 5.32 Å². The number of nitrogens with zero attached hydrogens (tertiary/aromatic N) is 2. The molecule has 1 saturated carbocycles. The van der Waals surface area contributed by atoms with Crippen molar-refractivity contribution in [3.63, 3.8) is 0 Å². The number of benzene rings is 2. The number of rotatable bonds is 3. The Morgan fingerprint density at radius 2 is 1.67 bits per heavy atom. The second-order valence-electron chi connectivity index (χ2n) is 7.46. The van der Waals surface area contributed by atoms with Gasteiger partial charge in [0.15, 0.2) is 5.82 Å². The van der Waals surface area contributed by atoms with Crippen molar-refractivity contribution < 1.29 is 28.5 Å². The molecule has 0 spiro atoms. The van der Waals surface area contributed by atoms with E-state index in [-0.39, 0.29) is 17.3 Å². The maximum absolute atomic E-state index is 12.9. The van der Waals surface area contributed by atoms with Crippen LogP contribution in [0, 0.1) is 0 Å². The number of phenolic OH excluding ortho intramolecular Hbond substituents is 1. The van der Waals surface area contributed by atoms with Gasteiger partial charge in [-0.3, -0.25) is 0 Å². The Bertz CT molecular complexity index is 1070. The molecule has 158 valence electrons. The molecule has 4 N–H and O–H groups in total. The van der Waals surface area contributed by atoms with E-state index in [0.29, 0.717) is 41.9 Å². The van der Waals surface area contributed by atoms with Crippen molar-refractivity contribution in [1.82, 2.24) is 10.2 Å². The number of aromatic nitrogens is 2. The molecule has 6 nitrogen and oxygen atoms in total. The van der Waals surface area contributed by atoms with Crippen molar-refractivity contribution in [3.05, 3.63) is 48.0 Å². The van der Waals surface area contributed by atoms with E-state index in [9.17, 15) is 28.5 Å². The molecule has 0 aliphatic heterocycles. The Morgan fingerprint density at radius 3 is 2.33 bits per heavy atom. The lowest BCUT2D eigenvalue weighted by molar-refractivity contribution is -0.137. The van der Waals surface area contributed by atoms with Crippen LogP contribution in [0.4, 0.5) is 19.0 Å². The van der Waals surface area contributed by atoms with Crippen LogP contribution in [0.15, 0.2) is 42.5 Å². The third-order valence-corrected chi connectivity index (χ3v) is 5.39. The van der Waals surface area contributed by atoms with E-state index >= 15 is 0 Å². The first-order valence-corrected chi connectivity index (χ1v) is 9.52. The van der Waals surface area contributed by atoms with E-state index < -0.39 is 29.7 Å². The lowest BCUT2D eigenvalue weighted by Gasteiger charge is -2.31. The molecule has 1 aliphatic rings. The molecule has 3 atom stereocenters. The molecular weight excluding hydrogens is 399 g/mol. The van der Waals surface area contributed by atoms with Gasteiger partial charge in [-0.05, 0) is 37.5 Å². The van der Waals surface area contributed by atoms with Gasteiger partial charge in [-0.15, -0.1) is 10.2 Å². The summed E-state index contributed by atoms with van der Waals surface area (Å²) in [4.78, 5) is 0. The van der Waals surface area contributed by atoms with E-state index in [1.165, 1.54) is 6.07 Å². The summed E-state index contributed by atoms with van der Waals surface area (Å²) in [5.41, 5.74) is -0.534. The number of halogens is 3. The minimum absolute atomic E-state index is 0.105. The molecule has 4 rings (SSSR count). The van der Waals surface area contributed by atoms with Crippen molar-refractivity contribution in [3.8, 4) is 17.0 Å². The van der Waals surface area contributed by atoms with Crippen LogP contribution in [0.25, 0.3) is 22.0 Å². The number of hydrogen-bond acceptors (Lipinski definition) is 6. The second kappa shape index (κ2) is 7.73. The maximum atomic E-state index is 12.9. The van der Waals surface area contributed by atoms with E-state index in [4.69, 9.17) is 0 Å². The number of fused-ring (bicyclic) bond motifs is 1. The molecule has 0 unspecified atom stereocenters. The molecule has 3 aromatic rings. The van der Waals surface area contributed by atoms with Gasteiger partial charge in [0.25, 0.3) is 0 Å². The Morgan fingerprint density at radius 1 is 0.933 bits per heavy atom. The summed E-state index contributed by atoms with van der Waals surface area (Å²) in [6, 6.07) is 9.75. The van der Waals surface area contributed by atoms with Gasteiger partial charge in [0.2, 0.25) is 0 Å². The molecule has 1 aliphatic carbocycles. The standard InChI is InChI=1S/C21H20F3N3O3/c22-21(23,24)11-5-7-15(17(29)9-11)19-13-3-1-2-4-14(13)20(27-26-19)25-12-6-8-16(28)18(30)10-12/h1-5,7,9,12,16,18,28-30H,6,8,10H2,(H,25,27)/t12-,16-,18+/m1/s1. The summed E-state index contributed by atoms with van der Waals surface area (Å²) >= 11 is 0. The molecule has 0 amide bonds. The Hall–Kier alpha value is -2.91. The molecule has 0 bridgehead atoms. The molecule has 30 heavy (non-hydrogen) atoms. The third-order valence-electron chi connectivity index (χ3n) is 5.39. The summed E-state index contributed by atoms with van der Waals surface area (Å²) < 4.78 is 38.7. The van der Waals surface area contributed by atoms with Gasteiger partial charge < -0.3 is 20.6 Å². The molecule has 1 aromatic heterocycles. The molecule has 1 heterocycles. The van der Waals surface area contributed by atoms with Crippen LogP contribution in [-0.4, -0.2) is 43.8 Å². The number of anilines is 1. The first-order chi connectivity index (χ1) is 14.2. The van der Waals surface area contributed by atoms with Gasteiger partial charge >= 0.3 is 6.18 Å². The highest BCUT2D eigenvalue weighted by atomic mass is 19.4. The average molecular weight is 419 g/mol. The van der Waals surface area contributed by atoms with Crippen LogP contribution in [0.1, 0.15) is 24.8 Å². The Kier molecular flexibility index (Phi) is 5.25. The van der Waals surface area contributed by atoms with Gasteiger partial charge in [-0.2, -0.15) is 13.2 Å². The molecule has 2 aromatic carbocycles. The van der Waals surface area contributed by atoms with Crippen molar-refractivity contribution in [1.29, 1.82) is 0 Å². The first kappa shape index (κ1) is 20.4. The molecule has 9 heteroatoms. The lowest BCUT2D eigenvalue weighted by Crippen LogP contribution is -2.39. The lowest BCUT2D eigenvalue weighted by atomic mass is 9.90. The van der Waals surface area contributed by atoms with E-state index in [1.54, 1.807) is 24.3 Å². The summed E-state index contributed by atoms with van der Waals surface area (Å²) in [7, 11) is 0. The predicted octanol–water partition coefficient (Wildman–Crippen LogP) is 3.71. The highest BCUT2D eigenvalue weighted by molar-refractivity contribution is 6.00. The van der Waals surface area contributed by atoms with Crippen LogP contribution >= 0.6 is 0 Å². The van der Waals surface area contributed by atoms with Gasteiger partial charge in [0, 0.05) is 22.4 Å². The zero-order valence-electron chi connectivity index (χ0n) is 15.8. The maximum Gasteiger partial charge on any atom is 0.416 e. The summed E-state index contributed by atoms with van der Waals surface area (Å²) in [6.07, 6.45) is -4.65. The number of alkyl halides is 3. The Labute approximate surface area is 170 Å². The minimum Gasteiger partial charge on any atom is -0.507 e. The number of aliphatic hydroxyl groups excluding tert-OH is 2. The SMILES string of the molecule is Oc1cc(C(F)(F)F)ccc1-c1nnc(N[C@@H]2CC[C@@H](O)[C@@H](O)C2)c2ccccc12. The fourth-order valence-electron chi connectivity index (χ4n) is 3.77. The fourth-order valence-corrected chi connectivity index (χ4v) is 3.77. The van der Waals surface area contributed by atoms with Gasteiger partial charge in [0.05, 0.1) is 17.8 Å². The average Bonchev–Trinajstić information content (AvgIpc) is 2.70. The quantitative estimate of drug-likeness (QED) is 0.517. The van der Waals surface area contributed by atoms with Crippen molar-refractivity contribution in [2.24, 2.45) is 0 Å². The number of nitrogens with one attached hydrogen (secondary N) is 1. The number of aliphatic hydroxyl groups is 2. The minimum atomic E-state index is -4.56. The Balaban J connectivity index is 1.71. The highest BCUT2D eigenvalue weighted by Crippen LogP contribution is 2.39. The van der Waals surface area contributed by atoms with Crippen LogP contribution in [0.5, 0.6) is 5.75 Å².